The van der Waals surface area contributed by atoms with Crippen molar-refractivity contribution in [2.75, 3.05) is 0 Å². The maximum absolute atomic E-state index is 11.8. The molecule has 0 radical (unpaired) electrons. The van der Waals surface area contributed by atoms with Crippen LogP contribution >= 0.6 is 0 Å². The van der Waals surface area contributed by atoms with Gasteiger partial charge in [-0.25, -0.2) is 5.43 Å². The molecule has 0 spiro atoms. The molecular weight excluding hydrogens is 266 g/mol. The van der Waals surface area contributed by atoms with Gasteiger partial charge in [0.25, 0.3) is 5.91 Å². The molecule has 1 amide bonds. The van der Waals surface area contributed by atoms with Gasteiger partial charge in [0.05, 0.1) is 11.9 Å². The number of carbonyl (C=O) groups is 1. The first kappa shape index (κ1) is 12.9. The molecule has 3 rings (SSSR count). The Kier molecular flexibility index (Phi) is 3.39. The van der Waals surface area contributed by atoms with Crippen LogP contribution < -0.4 is 5.43 Å². The Balaban J connectivity index is 1.69. The van der Waals surface area contributed by atoms with Crippen molar-refractivity contribution in [1.29, 1.82) is 0 Å². The summed E-state index contributed by atoms with van der Waals surface area (Å²) in [5, 5.41) is 14.2. The van der Waals surface area contributed by atoms with E-state index in [0.717, 1.165) is 16.6 Å². The van der Waals surface area contributed by atoms with Crippen molar-refractivity contribution in [3.63, 3.8) is 0 Å². The van der Waals surface area contributed by atoms with Crippen molar-refractivity contribution in [3.8, 4) is 5.75 Å². The highest BCUT2D eigenvalue weighted by Crippen LogP contribution is 2.13. The molecule has 5 nitrogen and oxygen atoms in total. The molecule has 3 aromatic rings. The first-order valence-corrected chi connectivity index (χ1v) is 6.42. The molecule has 0 atom stereocenters. The molecule has 5 heteroatoms. The minimum Gasteiger partial charge on any atom is -0.508 e. The number of aromatic hydroxyl groups is 1. The largest absolute Gasteiger partial charge is 0.508 e. The molecule has 0 bridgehead atoms. The van der Waals surface area contributed by atoms with Crippen molar-refractivity contribution in [1.82, 2.24) is 10.4 Å². The minimum absolute atomic E-state index is 0.119. The smallest absolute Gasteiger partial charge is 0.271 e. The molecule has 3 N–H and O–H groups in total. The Hall–Kier alpha value is -3.08. The third-order valence-electron chi connectivity index (χ3n) is 3.05. The molecule has 0 fully saturated rings. The van der Waals surface area contributed by atoms with Crippen LogP contribution in [0.15, 0.2) is 59.7 Å². The summed E-state index contributed by atoms with van der Waals surface area (Å²) in [7, 11) is 0. The van der Waals surface area contributed by atoms with Crippen LogP contribution in [0.3, 0.4) is 0 Å². The van der Waals surface area contributed by atoms with Crippen LogP contribution in [0.1, 0.15) is 16.1 Å². The summed E-state index contributed by atoms with van der Waals surface area (Å²) in [4.78, 5) is 15.0. The van der Waals surface area contributed by atoms with Crippen LogP contribution in [0, 0.1) is 0 Å². The number of carbonyl (C=O) groups excluding carboxylic acids is 1. The number of phenols is 1. The van der Waals surface area contributed by atoms with Gasteiger partial charge in [-0.15, -0.1) is 0 Å². The Bertz CT molecular complexity index is 771. The second kappa shape index (κ2) is 5.50. The van der Waals surface area contributed by atoms with Crippen LogP contribution in [-0.2, 0) is 0 Å². The highest BCUT2D eigenvalue weighted by molar-refractivity contribution is 5.95. The van der Waals surface area contributed by atoms with Crippen molar-refractivity contribution < 1.29 is 9.90 Å². The average molecular weight is 279 g/mol. The number of benzene rings is 2. The highest BCUT2D eigenvalue weighted by Gasteiger charge is 2.03. The summed E-state index contributed by atoms with van der Waals surface area (Å²) in [5.74, 6) is -0.213. The van der Waals surface area contributed by atoms with Crippen molar-refractivity contribution in [2.24, 2.45) is 5.10 Å². The van der Waals surface area contributed by atoms with Gasteiger partial charge in [-0.05, 0) is 36.4 Å². The summed E-state index contributed by atoms with van der Waals surface area (Å²) >= 11 is 0. The lowest BCUT2D eigenvalue weighted by molar-refractivity contribution is 0.0955. The van der Waals surface area contributed by atoms with Gasteiger partial charge in [0.2, 0.25) is 0 Å². The number of hydrazone groups is 1. The molecule has 2 aromatic carbocycles. The molecule has 0 aliphatic carbocycles. The maximum atomic E-state index is 11.8. The normalized spacial score (nSPS) is 11.0. The summed E-state index contributed by atoms with van der Waals surface area (Å²) in [5.41, 5.74) is 4.70. The average Bonchev–Trinajstić information content (AvgIpc) is 2.90. The molecule has 0 aliphatic rings. The molecule has 0 unspecified atom stereocenters. The maximum Gasteiger partial charge on any atom is 0.271 e. The van der Waals surface area contributed by atoms with Gasteiger partial charge >= 0.3 is 0 Å². The molecule has 21 heavy (non-hydrogen) atoms. The van der Waals surface area contributed by atoms with Crippen molar-refractivity contribution in [2.45, 2.75) is 0 Å². The summed E-state index contributed by atoms with van der Waals surface area (Å²) in [6.07, 6.45) is 1.55. The zero-order valence-corrected chi connectivity index (χ0v) is 11.1. The van der Waals surface area contributed by atoms with Gasteiger partial charge < -0.3 is 10.1 Å². The van der Waals surface area contributed by atoms with Gasteiger partial charge in [-0.1, -0.05) is 18.2 Å². The van der Waals surface area contributed by atoms with Crippen molar-refractivity contribution >= 4 is 23.0 Å². The van der Waals surface area contributed by atoms with E-state index < -0.39 is 0 Å². The molecule has 104 valence electrons. The molecule has 1 aromatic heterocycles. The fourth-order valence-corrected chi connectivity index (χ4v) is 2.00. The van der Waals surface area contributed by atoms with Crippen LogP contribution in [0.5, 0.6) is 5.75 Å². The van der Waals surface area contributed by atoms with E-state index in [-0.39, 0.29) is 11.7 Å². The third kappa shape index (κ3) is 2.92. The predicted octanol–water partition coefficient (Wildman–Crippen LogP) is 2.64. The first-order chi connectivity index (χ1) is 10.2. The second-order valence-electron chi connectivity index (χ2n) is 4.56. The zero-order valence-electron chi connectivity index (χ0n) is 11.1. The van der Waals surface area contributed by atoms with E-state index in [1.165, 1.54) is 24.3 Å². The number of hydrogen-bond donors (Lipinski definition) is 3. The number of fused-ring (bicyclic) bond motifs is 1. The number of hydrogen-bond acceptors (Lipinski definition) is 3. The quantitative estimate of drug-likeness (QED) is 0.509. The lowest BCUT2D eigenvalue weighted by Gasteiger charge is -1.99. The number of para-hydroxylation sites is 1. The zero-order chi connectivity index (χ0) is 14.7. The molecular formula is C16H13N3O2. The molecule has 0 aliphatic heterocycles. The fourth-order valence-electron chi connectivity index (χ4n) is 2.00. The monoisotopic (exact) mass is 279 g/mol. The van der Waals surface area contributed by atoms with Gasteiger partial charge in [0, 0.05) is 16.5 Å². The number of phenolic OH excluding ortho intramolecular Hbond substituents is 1. The number of aromatic nitrogens is 1. The van der Waals surface area contributed by atoms with Crippen LogP contribution in [0.2, 0.25) is 0 Å². The van der Waals surface area contributed by atoms with Gasteiger partial charge in [0.15, 0.2) is 0 Å². The van der Waals surface area contributed by atoms with E-state index in [1.54, 1.807) is 6.21 Å². The number of rotatable bonds is 3. The first-order valence-electron chi connectivity index (χ1n) is 6.42. The van der Waals surface area contributed by atoms with Gasteiger partial charge in [-0.3, -0.25) is 4.79 Å². The Morgan fingerprint density at radius 2 is 1.90 bits per heavy atom. The second-order valence-corrected chi connectivity index (χ2v) is 4.56. The van der Waals surface area contributed by atoms with Gasteiger partial charge in [0.1, 0.15) is 5.75 Å². The highest BCUT2D eigenvalue weighted by atomic mass is 16.3. The standard InChI is InChI=1S/C16H13N3O2/c20-14-7-5-11(6-8-14)16(21)19-17-10-13-9-12-3-1-2-4-15(12)18-13/h1-10,18,20H,(H,19,21)/b17-10+. The topological polar surface area (TPSA) is 77.5 Å². The van der Waals surface area contributed by atoms with Gasteiger partial charge in [-0.2, -0.15) is 5.10 Å². The summed E-state index contributed by atoms with van der Waals surface area (Å²) in [6.45, 7) is 0. The molecule has 1 heterocycles. The Morgan fingerprint density at radius 3 is 2.67 bits per heavy atom. The Labute approximate surface area is 120 Å². The summed E-state index contributed by atoms with van der Waals surface area (Å²) < 4.78 is 0. The number of aromatic amines is 1. The SMILES string of the molecule is O=C(N/N=C/c1cc2ccccc2[nH]1)c1ccc(O)cc1. The van der Waals surface area contributed by atoms with Crippen LogP contribution in [0.25, 0.3) is 10.9 Å². The van der Waals surface area contributed by atoms with Crippen molar-refractivity contribution in [3.05, 3.63) is 65.9 Å². The molecule has 0 saturated heterocycles. The van der Waals surface area contributed by atoms with E-state index in [1.807, 2.05) is 30.3 Å². The van der Waals surface area contributed by atoms with E-state index in [2.05, 4.69) is 15.5 Å². The lowest BCUT2D eigenvalue weighted by Crippen LogP contribution is -2.17. The van der Waals surface area contributed by atoms with E-state index >= 15 is 0 Å². The minimum atomic E-state index is -0.331. The Morgan fingerprint density at radius 1 is 1.14 bits per heavy atom. The third-order valence-corrected chi connectivity index (χ3v) is 3.05. The number of nitrogens with zero attached hydrogens (tertiary/aromatic N) is 1. The number of H-pyrrole nitrogens is 1. The molecule has 0 saturated carbocycles. The fraction of sp³-hybridized carbons (Fsp3) is 0. The predicted molar refractivity (Wildman–Crippen MR) is 81.5 cm³/mol. The number of nitrogens with one attached hydrogen (secondary N) is 2. The summed E-state index contributed by atoms with van der Waals surface area (Å²) in [6, 6.07) is 15.8. The van der Waals surface area contributed by atoms with E-state index in [9.17, 15) is 4.79 Å². The lowest BCUT2D eigenvalue weighted by atomic mass is 10.2. The van der Waals surface area contributed by atoms with Crippen LogP contribution in [0.4, 0.5) is 0 Å². The van der Waals surface area contributed by atoms with Crippen LogP contribution in [-0.4, -0.2) is 22.2 Å². The van der Waals surface area contributed by atoms with E-state index in [0.29, 0.717) is 5.56 Å². The van der Waals surface area contributed by atoms with E-state index in [4.69, 9.17) is 5.11 Å². The number of amides is 1.